The van der Waals surface area contributed by atoms with E-state index in [1.54, 1.807) is 0 Å². The molecule has 2 fully saturated rings. The zero-order chi connectivity index (χ0) is 19.6. The van der Waals surface area contributed by atoms with E-state index in [0.717, 1.165) is 44.7 Å². The molecule has 27 heavy (non-hydrogen) atoms. The summed E-state index contributed by atoms with van der Waals surface area (Å²) in [7, 11) is 0. The Labute approximate surface area is 162 Å². The Kier molecular flexibility index (Phi) is 6.18. The Morgan fingerprint density at radius 1 is 1.26 bits per heavy atom. The molecule has 0 spiro atoms. The SMILES string of the molecule is Cc1c(C(=O)NCC(C)(C)N2CC(C)OC(C)C2)nnn1C1CCNCC1. The number of hydrogen-bond donors (Lipinski definition) is 2. The van der Waals surface area contributed by atoms with E-state index >= 15 is 0 Å². The minimum atomic E-state index is -0.152. The van der Waals surface area contributed by atoms with E-state index in [9.17, 15) is 4.79 Å². The maximum atomic E-state index is 12.7. The molecule has 2 unspecified atom stereocenters. The molecule has 0 saturated carbocycles. The summed E-state index contributed by atoms with van der Waals surface area (Å²) in [5.41, 5.74) is 1.14. The topological polar surface area (TPSA) is 84.3 Å². The van der Waals surface area contributed by atoms with Gasteiger partial charge in [0.15, 0.2) is 5.69 Å². The predicted molar refractivity (Wildman–Crippen MR) is 104 cm³/mol. The number of ether oxygens (including phenoxy) is 1. The number of morpholine rings is 1. The van der Waals surface area contributed by atoms with Crippen molar-refractivity contribution in [3.05, 3.63) is 11.4 Å². The van der Waals surface area contributed by atoms with E-state index in [0.29, 0.717) is 18.3 Å². The van der Waals surface area contributed by atoms with Crippen LogP contribution in [0, 0.1) is 6.92 Å². The van der Waals surface area contributed by atoms with Crippen LogP contribution >= 0.6 is 0 Å². The van der Waals surface area contributed by atoms with Crippen molar-refractivity contribution in [1.82, 2.24) is 30.5 Å². The van der Waals surface area contributed by atoms with Crippen molar-refractivity contribution in [2.24, 2.45) is 0 Å². The maximum Gasteiger partial charge on any atom is 0.273 e. The number of nitrogens with one attached hydrogen (secondary N) is 2. The summed E-state index contributed by atoms with van der Waals surface area (Å²) in [5, 5.41) is 14.9. The summed E-state index contributed by atoms with van der Waals surface area (Å²) in [6.45, 7) is 14.7. The molecule has 8 nitrogen and oxygen atoms in total. The van der Waals surface area contributed by atoms with Gasteiger partial charge in [0.25, 0.3) is 5.91 Å². The Morgan fingerprint density at radius 3 is 2.52 bits per heavy atom. The molecule has 0 aromatic carbocycles. The van der Waals surface area contributed by atoms with Gasteiger partial charge in [-0.15, -0.1) is 5.10 Å². The van der Waals surface area contributed by atoms with Crippen molar-refractivity contribution in [3.8, 4) is 0 Å². The molecule has 152 valence electrons. The zero-order valence-corrected chi connectivity index (χ0v) is 17.3. The van der Waals surface area contributed by atoms with Crippen molar-refractivity contribution >= 4 is 5.91 Å². The van der Waals surface area contributed by atoms with Gasteiger partial charge in [-0.05, 0) is 60.5 Å². The van der Waals surface area contributed by atoms with Crippen LogP contribution in [0.15, 0.2) is 0 Å². The number of rotatable bonds is 5. The number of amides is 1. The molecule has 8 heteroatoms. The van der Waals surface area contributed by atoms with Gasteiger partial charge in [-0.1, -0.05) is 5.21 Å². The van der Waals surface area contributed by atoms with Crippen LogP contribution in [0.5, 0.6) is 0 Å². The summed E-state index contributed by atoms with van der Waals surface area (Å²) < 4.78 is 7.75. The van der Waals surface area contributed by atoms with Crippen LogP contribution in [-0.2, 0) is 4.74 Å². The molecule has 3 heterocycles. The molecule has 2 aliphatic rings. The largest absolute Gasteiger partial charge is 0.373 e. The molecule has 0 bridgehead atoms. The highest BCUT2D eigenvalue weighted by Crippen LogP contribution is 2.22. The second kappa shape index (κ2) is 8.24. The van der Waals surface area contributed by atoms with Gasteiger partial charge in [-0.2, -0.15) is 0 Å². The second-order valence-corrected chi connectivity index (χ2v) is 8.61. The summed E-state index contributed by atoms with van der Waals surface area (Å²) >= 11 is 0. The Balaban J connectivity index is 1.61. The standard InChI is InChI=1S/C19H34N6O2/c1-13-10-24(11-14(2)27-13)19(4,5)12-21-18(26)17-15(3)25(23-22-17)16-6-8-20-9-7-16/h13-14,16,20H,6-12H2,1-5H3,(H,21,26). The van der Waals surface area contributed by atoms with Crippen molar-refractivity contribution in [3.63, 3.8) is 0 Å². The van der Waals surface area contributed by atoms with E-state index in [1.165, 1.54) is 0 Å². The fourth-order valence-corrected chi connectivity index (χ4v) is 4.11. The molecule has 3 rings (SSSR count). The normalized spacial score (nSPS) is 25.5. The smallest absolute Gasteiger partial charge is 0.273 e. The lowest BCUT2D eigenvalue weighted by Crippen LogP contribution is -2.58. The quantitative estimate of drug-likeness (QED) is 0.799. The van der Waals surface area contributed by atoms with Crippen molar-refractivity contribution in [1.29, 1.82) is 0 Å². The molecule has 2 atom stereocenters. The highest BCUT2D eigenvalue weighted by atomic mass is 16.5. The lowest BCUT2D eigenvalue weighted by atomic mass is 10.00. The van der Waals surface area contributed by atoms with Gasteiger partial charge >= 0.3 is 0 Å². The van der Waals surface area contributed by atoms with Crippen LogP contribution in [0.3, 0.4) is 0 Å². The third-order valence-electron chi connectivity index (χ3n) is 5.75. The number of hydrogen-bond acceptors (Lipinski definition) is 6. The summed E-state index contributed by atoms with van der Waals surface area (Å²) in [6.07, 6.45) is 2.45. The van der Waals surface area contributed by atoms with Crippen LogP contribution in [0.1, 0.15) is 62.8 Å². The first-order valence-electron chi connectivity index (χ1n) is 10.1. The van der Waals surface area contributed by atoms with E-state index in [1.807, 2.05) is 11.6 Å². The minimum absolute atomic E-state index is 0.143. The number of carbonyl (C=O) groups is 1. The molecular weight excluding hydrogens is 344 g/mol. The van der Waals surface area contributed by atoms with E-state index in [-0.39, 0.29) is 23.7 Å². The first kappa shape index (κ1) is 20.2. The summed E-state index contributed by atoms with van der Waals surface area (Å²) in [5.74, 6) is -0.143. The van der Waals surface area contributed by atoms with Crippen LogP contribution in [0.25, 0.3) is 0 Å². The summed E-state index contributed by atoms with van der Waals surface area (Å²) in [6, 6.07) is 0.327. The van der Waals surface area contributed by atoms with Crippen molar-refractivity contribution in [2.45, 2.75) is 71.2 Å². The minimum Gasteiger partial charge on any atom is -0.373 e. The Morgan fingerprint density at radius 2 is 1.89 bits per heavy atom. The van der Waals surface area contributed by atoms with Crippen LogP contribution in [0.2, 0.25) is 0 Å². The van der Waals surface area contributed by atoms with Gasteiger partial charge in [0.2, 0.25) is 0 Å². The summed E-state index contributed by atoms with van der Waals surface area (Å²) in [4.78, 5) is 15.1. The molecule has 1 aromatic rings. The Bertz CT molecular complexity index is 643. The van der Waals surface area contributed by atoms with Gasteiger partial charge in [0, 0.05) is 25.2 Å². The van der Waals surface area contributed by atoms with E-state index in [2.05, 4.69) is 53.5 Å². The number of aromatic nitrogens is 3. The number of nitrogens with zero attached hydrogens (tertiary/aromatic N) is 4. The molecule has 2 N–H and O–H groups in total. The van der Waals surface area contributed by atoms with E-state index < -0.39 is 0 Å². The molecule has 2 saturated heterocycles. The highest BCUT2D eigenvalue weighted by Gasteiger charge is 2.34. The maximum absolute atomic E-state index is 12.7. The lowest BCUT2D eigenvalue weighted by Gasteiger charge is -2.45. The van der Waals surface area contributed by atoms with Gasteiger partial charge in [-0.25, -0.2) is 4.68 Å². The fraction of sp³-hybridized carbons (Fsp3) is 0.842. The average molecular weight is 379 g/mol. The third kappa shape index (κ3) is 4.67. The van der Waals surface area contributed by atoms with Crippen molar-refractivity contribution < 1.29 is 9.53 Å². The first-order chi connectivity index (χ1) is 12.8. The predicted octanol–water partition coefficient (Wildman–Crippen LogP) is 1.13. The average Bonchev–Trinajstić information content (AvgIpc) is 3.01. The van der Waals surface area contributed by atoms with Crippen LogP contribution in [-0.4, -0.2) is 76.3 Å². The van der Waals surface area contributed by atoms with Gasteiger partial charge in [0.1, 0.15) is 0 Å². The number of piperidine rings is 1. The third-order valence-corrected chi connectivity index (χ3v) is 5.75. The van der Waals surface area contributed by atoms with Crippen molar-refractivity contribution in [2.75, 3.05) is 32.7 Å². The van der Waals surface area contributed by atoms with Gasteiger partial charge in [0.05, 0.1) is 23.9 Å². The van der Waals surface area contributed by atoms with Gasteiger partial charge in [-0.3, -0.25) is 9.69 Å². The highest BCUT2D eigenvalue weighted by molar-refractivity contribution is 5.93. The molecule has 0 aliphatic carbocycles. The number of carbonyl (C=O) groups excluding carboxylic acids is 1. The second-order valence-electron chi connectivity index (χ2n) is 8.61. The van der Waals surface area contributed by atoms with Gasteiger partial charge < -0.3 is 15.4 Å². The molecular formula is C19H34N6O2. The van der Waals surface area contributed by atoms with E-state index in [4.69, 9.17) is 4.74 Å². The fourth-order valence-electron chi connectivity index (χ4n) is 4.11. The molecule has 2 aliphatic heterocycles. The van der Waals surface area contributed by atoms with Crippen LogP contribution in [0.4, 0.5) is 0 Å². The molecule has 1 amide bonds. The Hall–Kier alpha value is -1.51. The zero-order valence-electron chi connectivity index (χ0n) is 17.3. The first-order valence-corrected chi connectivity index (χ1v) is 10.1. The van der Waals surface area contributed by atoms with Crippen LogP contribution < -0.4 is 10.6 Å². The molecule has 1 aromatic heterocycles. The lowest BCUT2D eigenvalue weighted by molar-refractivity contribution is -0.0948. The molecule has 0 radical (unpaired) electrons. The monoisotopic (exact) mass is 378 g/mol.